The summed E-state index contributed by atoms with van der Waals surface area (Å²) in [5.74, 6) is -0.478. The number of benzene rings is 1. The molecule has 1 spiro atoms. The molecule has 1 aromatic carbocycles. The van der Waals surface area contributed by atoms with Gasteiger partial charge in [0.25, 0.3) is 0 Å². The Morgan fingerprint density at radius 1 is 0.821 bits per heavy atom. The Hall–Kier alpha value is -2.23. The van der Waals surface area contributed by atoms with Crippen LogP contribution >= 0.6 is 0 Å². The second-order valence-electron chi connectivity index (χ2n) is 10.3. The molecule has 0 aromatic heterocycles. The van der Waals surface area contributed by atoms with E-state index in [4.69, 9.17) is 4.74 Å². The minimum atomic E-state index is -1.58. The number of Topliss-reactive ketones (excluding diaryl/α,β-unsaturated/α-hetero) is 3. The normalized spacial score (nSPS) is 27.8. The van der Waals surface area contributed by atoms with Gasteiger partial charge in [-0.3, -0.25) is 14.4 Å². The van der Waals surface area contributed by atoms with E-state index in [1.807, 2.05) is 58.9 Å². The Balaban J connectivity index is 1.90. The molecule has 1 aromatic rings. The molecule has 1 saturated carbocycles. The summed E-state index contributed by atoms with van der Waals surface area (Å²) in [4.78, 5) is 40.0. The van der Waals surface area contributed by atoms with Crippen molar-refractivity contribution in [3.8, 4) is 0 Å². The molecule has 0 amide bonds. The van der Waals surface area contributed by atoms with E-state index in [1.54, 1.807) is 0 Å². The topological polar surface area (TPSA) is 60.4 Å². The molecule has 1 atom stereocenters. The number of aryl methyl sites for hydroxylation is 1. The molecule has 0 N–H and O–H groups in total. The van der Waals surface area contributed by atoms with Crippen LogP contribution in [0.5, 0.6) is 0 Å². The average Bonchev–Trinajstić information content (AvgIpc) is 2.88. The largest absolute Gasteiger partial charge is 0.474 e. The van der Waals surface area contributed by atoms with Gasteiger partial charge in [0.15, 0.2) is 17.3 Å². The maximum absolute atomic E-state index is 13.4. The van der Waals surface area contributed by atoms with Crippen LogP contribution in [0.2, 0.25) is 0 Å². The van der Waals surface area contributed by atoms with Crippen molar-refractivity contribution in [2.75, 3.05) is 0 Å². The predicted molar refractivity (Wildman–Crippen MR) is 106 cm³/mol. The van der Waals surface area contributed by atoms with E-state index >= 15 is 0 Å². The number of hydrogen-bond acceptors (Lipinski definition) is 4. The summed E-state index contributed by atoms with van der Waals surface area (Å²) >= 11 is 0. The van der Waals surface area contributed by atoms with E-state index in [9.17, 15) is 14.4 Å². The molecule has 1 aliphatic heterocycles. The van der Waals surface area contributed by atoms with Gasteiger partial charge in [0.1, 0.15) is 5.76 Å². The third-order valence-electron chi connectivity index (χ3n) is 6.38. The molecule has 0 bridgehead atoms. The molecule has 0 saturated heterocycles. The molecule has 1 unspecified atom stereocenters. The van der Waals surface area contributed by atoms with Crippen molar-refractivity contribution in [1.29, 1.82) is 0 Å². The highest BCUT2D eigenvalue weighted by Gasteiger charge is 2.65. The maximum atomic E-state index is 13.4. The third kappa shape index (κ3) is 2.76. The van der Waals surface area contributed by atoms with Crippen LogP contribution in [0.15, 0.2) is 35.6 Å². The van der Waals surface area contributed by atoms with Gasteiger partial charge in [-0.2, -0.15) is 0 Å². The third-order valence-corrected chi connectivity index (χ3v) is 6.38. The fraction of sp³-hybridized carbons (Fsp3) is 0.542. The van der Waals surface area contributed by atoms with Crippen molar-refractivity contribution < 1.29 is 19.1 Å². The van der Waals surface area contributed by atoms with Gasteiger partial charge in [0.05, 0.1) is 5.92 Å². The SMILES string of the molecule is Cc1ccc(C2C3=C(CC(C)(C)CC3=O)OC23C(=O)CC(C)(C)CC3=O)cc1. The van der Waals surface area contributed by atoms with Crippen molar-refractivity contribution in [2.24, 2.45) is 10.8 Å². The number of ketones is 3. The van der Waals surface area contributed by atoms with Crippen molar-refractivity contribution in [2.45, 2.75) is 71.8 Å². The van der Waals surface area contributed by atoms with Crippen LogP contribution in [0.4, 0.5) is 0 Å². The predicted octanol–water partition coefficient (Wildman–Crippen LogP) is 4.45. The first-order valence-corrected chi connectivity index (χ1v) is 10.0. The second kappa shape index (κ2) is 5.88. The lowest BCUT2D eigenvalue weighted by Crippen LogP contribution is -2.57. The summed E-state index contributed by atoms with van der Waals surface area (Å²) in [6.45, 7) is 9.92. The lowest BCUT2D eigenvalue weighted by molar-refractivity contribution is -0.160. The van der Waals surface area contributed by atoms with Gasteiger partial charge in [-0.15, -0.1) is 0 Å². The first kappa shape index (κ1) is 19.1. The van der Waals surface area contributed by atoms with Crippen LogP contribution in [0.25, 0.3) is 0 Å². The van der Waals surface area contributed by atoms with E-state index in [2.05, 4.69) is 0 Å². The maximum Gasteiger partial charge on any atom is 0.234 e. The van der Waals surface area contributed by atoms with Gasteiger partial charge >= 0.3 is 0 Å². The molecule has 2 aliphatic carbocycles. The summed E-state index contributed by atoms with van der Waals surface area (Å²) in [6.07, 6.45) is 1.53. The van der Waals surface area contributed by atoms with Gasteiger partial charge in [0.2, 0.25) is 5.60 Å². The van der Waals surface area contributed by atoms with Crippen LogP contribution in [-0.2, 0) is 19.1 Å². The van der Waals surface area contributed by atoms with Crippen LogP contribution in [0.3, 0.4) is 0 Å². The molecular weight excluding hydrogens is 352 g/mol. The molecule has 0 radical (unpaired) electrons. The van der Waals surface area contributed by atoms with Gasteiger partial charge < -0.3 is 4.74 Å². The molecular formula is C24H28O4. The molecule has 1 heterocycles. The van der Waals surface area contributed by atoms with Crippen molar-refractivity contribution >= 4 is 17.3 Å². The van der Waals surface area contributed by atoms with E-state index in [0.717, 1.165) is 11.1 Å². The van der Waals surface area contributed by atoms with Crippen LogP contribution in [-0.4, -0.2) is 23.0 Å². The molecule has 148 valence electrons. The first-order valence-electron chi connectivity index (χ1n) is 10.0. The summed E-state index contributed by atoms with van der Waals surface area (Å²) in [5.41, 5.74) is 0.247. The highest BCUT2D eigenvalue weighted by molar-refractivity contribution is 6.17. The van der Waals surface area contributed by atoms with Gasteiger partial charge in [-0.25, -0.2) is 0 Å². The van der Waals surface area contributed by atoms with Gasteiger partial charge in [0, 0.05) is 31.3 Å². The summed E-state index contributed by atoms with van der Waals surface area (Å²) < 4.78 is 6.27. The van der Waals surface area contributed by atoms with Gasteiger partial charge in [-0.05, 0) is 23.3 Å². The van der Waals surface area contributed by atoms with Crippen molar-refractivity contribution in [3.63, 3.8) is 0 Å². The fourth-order valence-electron chi connectivity index (χ4n) is 5.09. The average molecular weight is 380 g/mol. The van der Waals surface area contributed by atoms with Crippen LogP contribution in [0, 0.1) is 17.8 Å². The Morgan fingerprint density at radius 2 is 1.36 bits per heavy atom. The Morgan fingerprint density at radius 3 is 1.93 bits per heavy atom. The zero-order valence-electron chi connectivity index (χ0n) is 17.3. The zero-order valence-corrected chi connectivity index (χ0v) is 17.3. The van der Waals surface area contributed by atoms with Gasteiger partial charge in [-0.1, -0.05) is 57.5 Å². The Bertz CT molecular complexity index is 894. The standard InChI is InChI=1S/C24H28O4/c1-14-6-8-15(9-7-14)21-20-16(25)10-22(2,3)11-17(20)28-24(21)18(26)12-23(4,5)13-19(24)27/h6-9,21H,10-13H2,1-5H3. The number of carbonyl (C=O) groups is 3. The molecule has 4 nitrogen and oxygen atoms in total. The lowest BCUT2D eigenvalue weighted by Gasteiger charge is -2.41. The Labute approximate surface area is 166 Å². The van der Waals surface area contributed by atoms with Crippen LogP contribution < -0.4 is 0 Å². The minimum Gasteiger partial charge on any atom is -0.474 e. The monoisotopic (exact) mass is 380 g/mol. The number of ether oxygens (including phenoxy) is 1. The zero-order chi connectivity index (χ0) is 20.5. The second-order valence-corrected chi connectivity index (χ2v) is 10.3. The number of carbonyl (C=O) groups excluding carboxylic acids is 3. The summed E-state index contributed by atoms with van der Waals surface area (Å²) in [5, 5.41) is 0. The lowest BCUT2D eigenvalue weighted by atomic mass is 9.61. The smallest absolute Gasteiger partial charge is 0.234 e. The van der Waals surface area contributed by atoms with Crippen molar-refractivity contribution in [3.05, 3.63) is 46.7 Å². The van der Waals surface area contributed by atoms with Crippen molar-refractivity contribution in [1.82, 2.24) is 0 Å². The Kier molecular flexibility index (Phi) is 4.01. The molecule has 4 heteroatoms. The number of rotatable bonds is 1. The van der Waals surface area contributed by atoms with E-state index < -0.39 is 11.5 Å². The fourth-order valence-corrected chi connectivity index (χ4v) is 5.09. The highest BCUT2D eigenvalue weighted by Crippen LogP contribution is 2.57. The highest BCUT2D eigenvalue weighted by atomic mass is 16.5. The first-order chi connectivity index (χ1) is 13.0. The molecule has 1 fully saturated rings. The summed E-state index contributed by atoms with van der Waals surface area (Å²) in [6, 6.07) is 7.77. The molecule has 28 heavy (non-hydrogen) atoms. The number of hydrogen-bond donors (Lipinski definition) is 0. The van der Waals surface area contributed by atoms with E-state index in [1.165, 1.54) is 0 Å². The number of allylic oxidation sites excluding steroid dienone is 1. The van der Waals surface area contributed by atoms with Crippen LogP contribution in [0.1, 0.15) is 70.4 Å². The summed E-state index contributed by atoms with van der Waals surface area (Å²) in [7, 11) is 0. The van der Waals surface area contributed by atoms with E-state index in [-0.39, 0.29) is 41.0 Å². The minimum absolute atomic E-state index is 0.000802. The molecule has 3 aliphatic rings. The van der Waals surface area contributed by atoms with E-state index in [0.29, 0.717) is 24.2 Å². The quantitative estimate of drug-likeness (QED) is 0.676. The molecule has 4 rings (SSSR count).